The topological polar surface area (TPSA) is 24.5 Å². The SMILES string of the molecule is CC(CN1CCCCC1)NC1CCOC2(CCSC2)C1. The molecule has 0 saturated carbocycles. The number of nitrogens with zero attached hydrogens (tertiary/aromatic N) is 1. The summed E-state index contributed by atoms with van der Waals surface area (Å²) in [4.78, 5) is 2.64. The van der Waals surface area contributed by atoms with Gasteiger partial charge in [0.25, 0.3) is 0 Å². The Morgan fingerprint density at radius 2 is 2.20 bits per heavy atom. The zero-order valence-corrected chi connectivity index (χ0v) is 13.7. The zero-order chi connectivity index (χ0) is 13.8. The molecule has 4 heteroatoms. The standard InChI is InChI=1S/C16H30N2OS/c1-14(12-18-7-3-2-4-8-18)17-15-5-9-19-16(11-15)6-10-20-13-16/h14-15,17H,2-13H2,1H3. The molecule has 3 heterocycles. The van der Waals surface area contributed by atoms with E-state index in [4.69, 9.17) is 4.74 Å². The first-order valence-electron chi connectivity index (χ1n) is 8.46. The highest BCUT2D eigenvalue weighted by atomic mass is 32.2. The summed E-state index contributed by atoms with van der Waals surface area (Å²) in [5.41, 5.74) is 0.214. The van der Waals surface area contributed by atoms with E-state index in [1.807, 2.05) is 0 Å². The normalized spacial score (nSPS) is 37.4. The van der Waals surface area contributed by atoms with Crippen LogP contribution in [0.3, 0.4) is 0 Å². The summed E-state index contributed by atoms with van der Waals surface area (Å²) in [7, 11) is 0. The summed E-state index contributed by atoms with van der Waals surface area (Å²) in [6, 6.07) is 1.28. The van der Waals surface area contributed by atoms with Crippen LogP contribution in [0.4, 0.5) is 0 Å². The number of hydrogen-bond acceptors (Lipinski definition) is 4. The van der Waals surface area contributed by atoms with Crippen molar-refractivity contribution in [1.29, 1.82) is 0 Å². The molecule has 3 atom stereocenters. The average molecular weight is 298 g/mol. The molecule has 0 aliphatic carbocycles. The summed E-state index contributed by atoms with van der Waals surface area (Å²) in [5, 5.41) is 3.89. The number of rotatable bonds is 4. The van der Waals surface area contributed by atoms with Crippen LogP contribution in [0.25, 0.3) is 0 Å². The molecule has 1 N–H and O–H groups in total. The number of piperidine rings is 1. The molecular weight excluding hydrogens is 268 g/mol. The second-order valence-electron chi connectivity index (χ2n) is 6.95. The number of thioether (sulfide) groups is 1. The Bertz CT molecular complexity index is 301. The van der Waals surface area contributed by atoms with Gasteiger partial charge in [0.2, 0.25) is 0 Å². The maximum absolute atomic E-state index is 6.12. The largest absolute Gasteiger partial charge is 0.374 e. The van der Waals surface area contributed by atoms with Crippen molar-refractivity contribution >= 4 is 11.8 Å². The van der Waals surface area contributed by atoms with Gasteiger partial charge < -0.3 is 15.0 Å². The van der Waals surface area contributed by atoms with E-state index in [9.17, 15) is 0 Å². The average Bonchev–Trinajstić information content (AvgIpc) is 2.87. The lowest BCUT2D eigenvalue weighted by atomic mass is 9.89. The fourth-order valence-electron chi connectivity index (χ4n) is 4.02. The molecule has 3 unspecified atom stereocenters. The Morgan fingerprint density at radius 1 is 1.35 bits per heavy atom. The minimum Gasteiger partial charge on any atom is -0.374 e. The molecule has 0 aromatic heterocycles. The van der Waals surface area contributed by atoms with Crippen molar-refractivity contribution in [3.63, 3.8) is 0 Å². The van der Waals surface area contributed by atoms with Crippen LogP contribution in [0.2, 0.25) is 0 Å². The summed E-state index contributed by atoms with van der Waals surface area (Å²) in [5.74, 6) is 2.50. The number of nitrogens with one attached hydrogen (secondary N) is 1. The maximum atomic E-state index is 6.12. The smallest absolute Gasteiger partial charge is 0.0795 e. The predicted molar refractivity (Wildman–Crippen MR) is 86.5 cm³/mol. The monoisotopic (exact) mass is 298 g/mol. The third kappa shape index (κ3) is 3.90. The lowest BCUT2D eigenvalue weighted by Crippen LogP contribution is -2.51. The van der Waals surface area contributed by atoms with E-state index in [1.54, 1.807) is 0 Å². The third-order valence-corrected chi connectivity index (χ3v) is 6.28. The molecule has 1 spiro atoms. The van der Waals surface area contributed by atoms with Crippen molar-refractivity contribution < 1.29 is 4.74 Å². The van der Waals surface area contributed by atoms with Gasteiger partial charge in [-0.05, 0) is 57.9 Å². The summed E-state index contributed by atoms with van der Waals surface area (Å²) >= 11 is 2.07. The van der Waals surface area contributed by atoms with Crippen molar-refractivity contribution in [2.45, 2.75) is 63.1 Å². The van der Waals surface area contributed by atoms with Crippen LogP contribution in [0.5, 0.6) is 0 Å². The fraction of sp³-hybridized carbons (Fsp3) is 1.00. The zero-order valence-electron chi connectivity index (χ0n) is 12.9. The van der Waals surface area contributed by atoms with Crippen molar-refractivity contribution in [3.8, 4) is 0 Å². The Morgan fingerprint density at radius 3 is 2.95 bits per heavy atom. The van der Waals surface area contributed by atoms with Crippen molar-refractivity contribution in [2.75, 3.05) is 37.7 Å². The van der Waals surface area contributed by atoms with E-state index in [-0.39, 0.29) is 5.60 Å². The molecule has 116 valence electrons. The molecule has 3 rings (SSSR count). The maximum Gasteiger partial charge on any atom is 0.0795 e. The van der Waals surface area contributed by atoms with Crippen molar-refractivity contribution in [3.05, 3.63) is 0 Å². The predicted octanol–water partition coefficient (Wildman–Crippen LogP) is 2.51. The summed E-state index contributed by atoms with van der Waals surface area (Å²) in [6.45, 7) is 7.15. The number of hydrogen-bond donors (Lipinski definition) is 1. The second kappa shape index (κ2) is 6.99. The quantitative estimate of drug-likeness (QED) is 0.862. The molecule has 3 fully saturated rings. The highest BCUT2D eigenvalue weighted by molar-refractivity contribution is 7.99. The highest BCUT2D eigenvalue weighted by Crippen LogP contribution is 2.38. The van der Waals surface area contributed by atoms with Crippen LogP contribution in [0.1, 0.15) is 45.4 Å². The van der Waals surface area contributed by atoms with Gasteiger partial charge in [-0.1, -0.05) is 6.42 Å². The molecule has 0 aromatic carbocycles. The fourth-order valence-corrected chi connectivity index (χ4v) is 5.40. The first-order chi connectivity index (χ1) is 9.76. The summed E-state index contributed by atoms with van der Waals surface area (Å²) < 4.78 is 6.12. The number of ether oxygens (including phenoxy) is 1. The minimum atomic E-state index is 0.214. The van der Waals surface area contributed by atoms with Gasteiger partial charge in [-0.15, -0.1) is 0 Å². The van der Waals surface area contributed by atoms with E-state index < -0.39 is 0 Å². The van der Waals surface area contributed by atoms with Crippen LogP contribution in [-0.2, 0) is 4.74 Å². The highest BCUT2D eigenvalue weighted by Gasteiger charge is 2.40. The Kier molecular flexibility index (Phi) is 5.29. The number of likely N-dealkylation sites (tertiary alicyclic amines) is 1. The molecule has 3 saturated heterocycles. The molecule has 0 amide bonds. The van der Waals surface area contributed by atoms with Gasteiger partial charge in [-0.25, -0.2) is 0 Å². The van der Waals surface area contributed by atoms with Crippen molar-refractivity contribution in [2.24, 2.45) is 0 Å². The van der Waals surface area contributed by atoms with Crippen LogP contribution in [0.15, 0.2) is 0 Å². The second-order valence-corrected chi connectivity index (χ2v) is 8.06. The molecule has 20 heavy (non-hydrogen) atoms. The Hall–Kier alpha value is 0.230. The van der Waals surface area contributed by atoms with Gasteiger partial charge in [-0.3, -0.25) is 0 Å². The van der Waals surface area contributed by atoms with E-state index in [0.29, 0.717) is 12.1 Å². The summed E-state index contributed by atoms with van der Waals surface area (Å²) in [6.07, 6.45) is 7.89. The lowest BCUT2D eigenvalue weighted by Gasteiger charge is -2.40. The third-order valence-electron chi connectivity index (χ3n) is 5.06. The molecule has 3 aliphatic heterocycles. The molecule has 0 radical (unpaired) electrons. The van der Waals surface area contributed by atoms with Gasteiger partial charge in [0.05, 0.1) is 5.60 Å². The molecule has 3 nitrogen and oxygen atoms in total. The van der Waals surface area contributed by atoms with E-state index in [2.05, 4.69) is 28.9 Å². The Balaban J connectivity index is 1.44. The molecular formula is C16H30N2OS. The van der Waals surface area contributed by atoms with E-state index >= 15 is 0 Å². The van der Waals surface area contributed by atoms with Gasteiger partial charge in [-0.2, -0.15) is 11.8 Å². The van der Waals surface area contributed by atoms with Crippen LogP contribution < -0.4 is 5.32 Å². The molecule has 3 aliphatic rings. The van der Waals surface area contributed by atoms with Gasteiger partial charge in [0, 0.05) is 31.0 Å². The molecule has 0 bridgehead atoms. The van der Waals surface area contributed by atoms with E-state index in [1.165, 1.54) is 69.7 Å². The van der Waals surface area contributed by atoms with Crippen molar-refractivity contribution in [1.82, 2.24) is 10.2 Å². The van der Waals surface area contributed by atoms with Crippen LogP contribution >= 0.6 is 11.8 Å². The van der Waals surface area contributed by atoms with Gasteiger partial charge in [0.15, 0.2) is 0 Å². The lowest BCUT2D eigenvalue weighted by molar-refractivity contribution is -0.0714. The first-order valence-corrected chi connectivity index (χ1v) is 9.61. The van der Waals surface area contributed by atoms with Gasteiger partial charge >= 0.3 is 0 Å². The van der Waals surface area contributed by atoms with Crippen LogP contribution in [-0.4, -0.2) is 60.3 Å². The van der Waals surface area contributed by atoms with E-state index in [0.717, 1.165) is 6.61 Å². The minimum absolute atomic E-state index is 0.214. The Labute approximate surface area is 128 Å². The molecule has 0 aromatic rings. The first kappa shape index (κ1) is 15.1. The van der Waals surface area contributed by atoms with Gasteiger partial charge in [0.1, 0.15) is 0 Å². The van der Waals surface area contributed by atoms with Crippen LogP contribution in [0, 0.1) is 0 Å².